The number of hydrogen-bond donors (Lipinski definition) is 1. The highest BCUT2D eigenvalue weighted by atomic mass is 32.1. The van der Waals surface area contributed by atoms with E-state index in [9.17, 15) is 0 Å². The third-order valence-corrected chi connectivity index (χ3v) is 6.74. The Labute approximate surface area is 170 Å². The predicted octanol–water partition coefficient (Wildman–Crippen LogP) is 4.46. The first-order chi connectivity index (χ1) is 13.9. The summed E-state index contributed by atoms with van der Waals surface area (Å²) in [5.41, 5.74) is 4.05. The SMILES string of the molecule is c1cc(N2CCN(CCCOc3ccc4c(c3)CCN4)CC2)c2ccsc2c1. The number of anilines is 2. The number of thiophene rings is 1. The number of ether oxygens (including phenoxy) is 1. The molecule has 28 heavy (non-hydrogen) atoms. The van der Waals surface area contributed by atoms with E-state index in [0.29, 0.717) is 0 Å². The Morgan fingerprint density at radius 3 is 2.89 bits per heavy atom. The lowest BCUT2D eigenvalue weighted by Gasteiger charge is -2.36. The molecule has 5 heteroatoms. The zero-order valence-electron chi connectivity index (χ0n) is 16.2. The maximum atomic E-state index is 5.99. The van der Waals surface area contributed by atoms with Crippen LogP contribution >= 0.6 is 11.3 Å². The van der Waals surface area contributed by atoms with Crippen LogP contribution in [0.3, 0.4) is 0 Å². The van der Waals surface area contributed by atoms with Gasteiger partial charge in [-0.1, -0.05) is 6.07 Å². The van der Waals surface area contributed by atoms with Gasteiger partial charge in [0.1, 0.15) is 5.75 Å². The molecule has 1 fully saturated rings. The molecular weight excluding hydrogens is 366 g/mol. The van der Waals surface area contributed by atoms with E-state index >= 15 is 0 Å². The number of hydrogen-bond acceptors (Lipinski definition) is 5. The van der Waals surface area contributed by atoms with Crippen LogP contribution in [0, 0.1) is 0 Å². The van der Waals surface area contributed by atoms with Crippen molar-refractivity contribution in [3.05, 3.63) is 53.4 Å². The minimum atomic E-state index is 0.792. The number of fused-ring (bicyclic) bond motifs is 2. The molecule has 2 aromatic carbocycles. The fourth-order valence-electron chi connectivity index (χ4n) is 4.32. The molecule has 0 amide bonds. The summed E-state index contributed by atoms with van der Waals surface area (Å²) in [5.74, 6) is 1.01. The average molecular weight is 394 g/mol. The van der Waals surface area contributed by atoms with Crippen LogP contribution in [0.2, 0.25) is 0 Å². The van der Waals surface area contributed by atoms with E-state index in [4.69, 9.17) is 4.74 Å². The minimum absolute atomic E-state index is 0.792. The van der Waals surface area contributed by atoms with E-state index in [1.54, 1.807) is 0 Å². The van der Waals surface area contributed by atoms with Crippen molar-refractivity contribution >= 4 is 32.8 Å². The second-order valence-electron chi connectivity index (χ2n) is 7.64. The summed E-state index contributed by atoms with van der Waals surface area (Å²) in [7, 11) is 0. The van der Waals surface area contributed by atoms with Crippen molar-refractivity contribution < 1.29 is 4.74 Å². The Bertz CT molecular complexity index is 946. The first-order valence-corrected chi connectivity index (χ1v) is 11.2. The summed E-state index contributed by atoms with van der Waals surface area (Å²) in [5, 5.41) is 6.99. The molecule has 5 rings (SSSR count). The van der Waals surface area contributed by atoms with Gasteiger partial charge in [0.2, 0.25) is 0 Å². The molecule has 0 radical (unpaired) electrons. The fourth-order valence-corrected chi connectivity index (χ4v) is 5.12. The molecule has 0 spiro atoms. The van der Waals surface area contributed by atoms with Gasteiger partial charge in [-0.15, -0.1) is 11.3 Å². The van der Waals surface area contributed by atoms with Crippen LogP contribution in [0.25, 0.3) is 10.1 Å². The highest BCUT2D eigenvalue weighted by Crippen LogP contribution is 2.31. The first kappa shape index (κ1) is 17.8. The molecule has 3 aromatic rings. The van der Waals surface area contributed by atoms with Gasteiger partial charge in [0.05, 0.1) is 6.61 Å². The Hall–Kier alpha value is -2.24. The van der Waals surface area contributed by atoms with E-state index in [1.807, 2.05) is 11.3 Å². The Morgan fingerprint density at radius 1 is 1.04 bits per heavy atom. The van der Waals surface area contributed by atoms with Gasteiger partial charge in [-0.2, -0.15) is 0 Å². The molecule has 2 aliphatic rings. The van der Waals surface area contributed by atoms with Gasteiger partial charge in [-0.25, -0.2) is 0 Å². The van der Waals surface area contributed by atoms with Crippen LogP contribution in [0.1, 0.15) is 12.0 Å². The Morgan fingerprint density at radius 2 is 1.96 bits per heavy atom. The molecule has 1 N–H and O–H groups in total. The molecular formula is C23H27N3OS. The summed E-state index contributed by atoms with van der Waals surface area (Å²) in [6, 6.07) is 15.4. The van der Waals surface area contributed by atoms with Crippen molar-refractivity contribution in [3.63, 3.8) is 0 Å². The molecule has 0 unspecified atom stereocenters. The van der Waals surface area contributed by atoms with E-state index in [1.165, 1.54) is 27.0 Å². The molecule has 4 nitrogen and oxygen atoms in total. The van der Waals surface area contributed by atoms with Gasteiger partial charge >= 0.3 is 0 Å². The van der Waals surface area contributed by atoms with Crippen molar-refractivity contribution in [3.8, 4) is 5.75 Å². The van der Waals surface area contributed by atoms with Crippen LogP contribution in [-0.4, -0.2) is 50.8 Å². The van der Waals surface area contributed by atoms with Crippen molar-refractivity contribution in [2.24, 2.45) is 0 Å². The molecule has 146 valence electrons. The van der Waals surface area contributed by atoms with E-state index < -0.39 is 0 Å². The lowest BCUT2D eigenvalue weighted by atomic mass is 10.1. The smallest absolute Gasteiger partial charge is 0.119 e. The summed E-state index contributed by atoms with van der Waals surface area (Å²) < 4.78 is 7.38. The standard InChI is InChI=1S/C23H27N3OS/c1-3-22(20-8-16-28-23(20)4-1)26-13-11-25(12-14-26)10-2-15-27-19-5-6-21-18(17-19)7-9-24-21/h1,3-6,8,16-17,24H,2,7,9-15H2. The molecule has 1 aromatic heterocycles. The quantitative estimate of drug-likeness (QED) is 0.626. The summed E-state index contributed by atoms with van der Waals surface area (Å²) >= 11 is 1.83. The number of nitrogens with zero attached hydrogens (tertiary/aromatic N) is 2. The van der Waals surface area contributed by atoms with Crippen molar-refractivity contribution in [1.82, 2.24) is 4.90 Å². The monoisotopic (exact) mass is 393 g/mol. The lowest BCUT2D eigenvalue weighted by molar-refractivity contribution is 0.225. The van der Waals surface area contributed by atoms with Gasteiger partial charge in [0.15, 0.2) is 0 Å². The maximum Gasteiger partial charge on any atom is 0.119 e. The molecule has 1 saturated heterocycles. The maximum absolute atomic E-state index is 5.99. The number of nitrogens with one attached hydrogen (secondary N) is 1. The van der Waals surface area contributed by atoms with Crippen LogP contribution in [0.15, 0.2) is 47.8 Å². The fraction of sp³-hybridized carbons (Fsp3) is 0.391. The van der Waals surface area contributed by atoms with Gasteiger partial charge in [0.25, 0.3) is 0 Å². The number of benzene rings is 2. The van der Waals surface area contributed by atoms with Crippen molar-refractivity contribution in [2.45, 2.75) is 12.8 Å². The highest BCUT2D eigenvalue weighted by Gasteiger charge is 2.18. The molecule has 0 aliphatic carbocycles. The van der Waals surface area contributed by atoms with E-state index in [2.05, 4.69) is 63.0 Å². The van der Waals surface area contributed by atoms with E-state index in [-0.39, 0.29) is 0 Å². The summed E-state index contributed by atoms with van der Waals surface area (Å²) in [4.78, 5) is 5.11. The topological polar surface area (TPSA) is 27.7 Å². The predicted molar refractivity (Wildman–Crippen MR) is 119 cm³/mol. The largest absolute Gasteiger partial charge is 0.494 e. The number of rotatable bonds is 6. The van der Waals surface area contributed by atoms with E-state index in [0.717, 1.165) is 64.5 Å². The third kappa shape index (κ3) is 3.69. The van der Waals surface area contributed by atoms with Crippen molar-refractivity contribution in [2.75, 3.05) is 56.1 Å². The molecule has 2 aliphatic heterocycles. The summed E-state index contributed by atoms with van der Waals surface area (Å²) in [6.07, 6.45) is 2.19. The Balaban J connectivity index is 1.08. The normalized spacial score (nSPS) is 16.9. The molecule has 0 atom stereocenters. The summed E-state index contributed by atoms with van der Waals surface area (Å²) in [6.45, 7) is 7.42. The van der Waals surface area contributed by atoms with Gasteiger partial charge < -0.3 is 15.0 Å². The second-order valence-corrected chi connectivity index (χ2v) is 8.58. The zero-order valence-corrected chi connectivity index (χ0v) is 17.0. The Kier molecular flexibility index (Phi) is 5.10. The van der Waals surface area contributed by atoms with Crippen LogP contribution in [0.4, 0.5) is 11.4 Å². The minimum Gasteiger partial charge on any atom is -0.494 e. The zero-order chi connectivity index (χ0) is 18.8. The lowest BCUT2D eigenvalue weighted by Crippen LogP contribution is -2.46. The van der Waals surface area contributed by atoms with Crippen molar-refractivity contribution in [1.29, 1.82) is 0 Å². The molecule has 3 heterocycles. The highest BCUT2D eigenvalue weighted by molar-refractivity contribution is 7.17. The van der Waals surface area contributed by atoms with Gasteiger partial charge in [-0.3, -0.25) is 4.90 Å². The first-order valence-electron chi connectivity index (χ1n) is 10.3. The van der Waals surface area contributed by atoms with Gasteiger partial charge in [0, 0.05) is 60.7 Å². The second kappa shape index (κ2) is 8.02. The molecule has 0 saturated carbocycles. The van der Waals surface area contributed by atoms with Crippen LogP contribution < -0.4 is 15.0 Å². The van der Waals surface area contributed by atoms with Crippen LogP contribution in [-0.2, 0) is 6.42 Å². The average Bonchev–Trinajstić information content (AvgIpc) is 3.40. The third-order valence-electron chi connectivity index (χ3n) is 5.86. The van der Waals surface area contributed by atoms with Gasteiger partial charge in [-0.05, 0) is 60.2 Å². The van der Waals surface area contributed by atoms with Crippen LogP contribution in [0.5, 0.6) is 5.75 Å². The molecule has 0 bridgehead atoms. The number of piperazine rings is 1.